The van der Waals surface area contributed by atoms with Gasteiger partial charge >= 0.3 is 0 Å². The Hall–Kier alpha value is -1.36. The molecule has 2 rings (SSSR count). The zero-order chi connectivity index (χ0) is 12.4. The maximum atomic E-state index is 9.28. The van der Waals surface area contributed by atoms with Crippen LogP contribution in [0.15, 0.2) is 6.07 Å². The van der Waals surface area contributed by atoms with E-state index >= 15 is 0 Å². The van der Waals surface area contributed by atoms with Gasteiger partial charge in [0.15, 0.2) is 0 Å². The van der Waals surface area contributed by atoms with Gasteiger partial charge in [-0.1, -0.05) is 13.8 Å². The van der Waals surface area contributed by atoms with Crippen LogP contribution in [0.3, 0.4) is 0 Å². The Balaban J connectivity index is 2.14. The molecule has 1 atom stereocenters. The molecule has 1 aliphatic rings. The van der Waals surface area contributed by atoms with Gasteiger partial charge in [-0.3, -0.25) is 0 Å². The molecule has 1 aromatic rings. The molecule has 94 valence electrons. The molecular weight excluding hydrogens is 216 g/mol. The molecule has 1 aromatic heterocycles. The Morgan fingerprint density at radius 2 is 2.18 bits per heavy atom. The predicted octanol–water partition coefficient (Wildman–Crippen LogP) is 1.36. The lowest BCUT2D eigenvalue weighted by atomic mass is 10.1. The smallest absolute Gasteiger partial charge is 0.136 e. The number of anilines is 2. The summed E-state index contributed by atoms with van der Waals surface area (Å²) in [5, 5.41) is 12.5. The van der Waals surface area contributed by atoms with Gasteiger partial charge in [0.05, 0.1) is 12.6 Å². The van der Waals surface area contributed by atoms with E-state index in [0.29, 0.717) is 23.5 Å². The van der Waals surface area contributed by atoms with Gasteiger partial charge in [0.25, 0.3) is 0 Å². The summed E-state index contributed by atoms with van der Waals surface area (Å²) in [6.45, 7) is 4.20. The third-order valence-electron chi connectivity index (χ3n) is 3.04. The van der Waals surface area contributed by atoms with E-state index in [9.17, 15) is 5.11 Å². The molecular formula is C12H20N4O. The molecule has 0 aromatic carbocycles. The van der Waals surface area contributed by atoms with Crippen LogP contribution in [-0.2, 0) is 0 Å². The molecule has 0 radical (unpaired) electrons. The van der Waals surface area contributed by atoms with Crippen molar-refractivity contribution in [1.29, 1.82) is 0 Å². The Morgan fingerprint density at radius 1 is 1.47 bits per heavy atom. The number of nitrogens with two attached hydrogens (primary N) is 1. The maximum absolute atomic E-state index is 9.28. The third-order valence-corrected chi connectivity index (χ3v) is 3.04. The monoisotopic (exact) mass is 236 g/mol. The van der Waals surface area contributed by atoms with Crippen molar-refractivity contribution in [3.63, 3.8) is 0 Å². The van der Waals surface area contributed by atoms with Gasteiger partial charge in [0.1, 0.15) is 17.5 Å². The van der Waals surface area contributed by atoms with E-state index in [1.54, 1.807) is 6.07 Å². The lowest BCUT2D eigenvalue weighted by molar-refractivity contribution is 0.249. The van der Waals surface area contributed by atoms with Crippen molar-refractivity contribution in [2.75, 3.05) is 17.7 Å². The molecule has 1 saturated carbocycles. The Kier molecular flexibility index (Phi) is 3.47. The van der Waals surface area contributed by atoms with Crippen molar-refractivity contribution in [1.82, 2.24) is 9.97 Å². The first-order chi connectivity index (χ1) is 8.10. The molecule has 4 N–H and O–H groups in total. The second-order valence-corrected chi connectivity index (χ2v) is 4.99. The van der Waals surface area contributed by atoms with Gasteiger partial charge in [-0.15, -0.1) is 0 Å². The fourth-order valence-corrected chi connectivity index (χ4v) is 1.70. The highest BCUT2D eigenvalue weighted by Gasteiger charge is 2.27. The van der Waals surface area contributed by atoms with Crippen molar-refractivity contribution < 1.29 is 5.11 Å². The number of rotatable bonds is 5. The number of aromatic nitrogens is 2. The lowest BCUT2D eigenvalue weighted by Gasteiger charge is -2.20. The van der Waals surface area contributed by atoms with E-state index in [1.807, 2.05) is 0 Å². The van der Waals surface area contributed by atoms with E-state index < -0.39 is 0 Å². The number of nitrogens with zero attached hydrogens (tertiary/aromatic N) is 2. The minimum Gasteiger partial charge on any atom is -0.394 e. The van der Waals surface area contributed by atoms with Gasteiger partial charge < -0.3 is 16.2 Å². The minimum absolute atomic E-state index is 0.00338. The number of aliphatic hydroxyl groups is 1. The van der Waals surface area contributed by atoms with Gasteiger partial charge in [0, 0.05) is 12.0 Å². The molecule has 1 fully saturated rings. The average Bonchev–Trinajstić information content (AvgIpc) is 3.08. The highest BCUT2D eigenvalue weighted by atomic mass is 16.3. The third kappa shape index (κ3) is 3.06. The van der Waals surface area contributed by atoms with Crippen molar-refractivity contribution in [2.45, 2.75) is 38.6 Å². The Bertz CT molecular complexity index is 390. The van der Waals surface area contributed by atoms with Crippen LogP contribution in [0.5, 0.6) is 0 Å². The maximum Gasteiger partial charge on any atom is 0.136 e. The summed E-state index contributed by atoms with van der Waals surface area (Å²) in [4.78, 5) is 8.69. The first kappa shape index (κ1) is 12.1. The first-order valence-corrected chi connectivity index (χ1v) is 6.12. The van der Waals surface area contributed by atoms with E-state index in [1.165, 1.54) is 0 Å². The second-order valence-electron chi connectivity index (χ2n) is 4.99. The zero-order valence-electron chi connectivity index (χ0n) is 10.3. The number of aliphatic hydroxyl groups excluding tert-OH is 1. The molecule has 0 amide bonds. The fraction of sp³-hybridized carbons (Fsp3) is 0.667. The molecule has 0 spiro atoms. The molecule has 0 bridgehead atoms. The summed E-state index contributed by atoms with van der Waals surface area (Å²) in [7, 11) is 0. The summed E-state index contributed by atoms with van der Waals surface area (Å²) in [5.41, 5.74) is 5.76. The Labute approximate surface area is 101 Å². The predicted molar refractivity (Wildman–Crippen MR) is 67.8 cm³/mol. The highest BCUT2D eigenvalue weighted by Crippen LogP contribution is 2.38. The van der Waals surface area contributed by atoms with E-state index in [0.717, 1.165) is 18.7 Å². The van der Waals surface area contributed by atoms with Crippen LogP contribution >= 0.6 is 0 Å². The van der Waals surface area contributed by atoms with Gasteiger partial charge in [-0.25, -0.2) is 9.97 Å². The topological polar surface area (TPSA) is 84.1 Å². The molecule has 17 heavy (non-hydrogen) atoms. The van der Waals surface area contributed by atoms with Crippen LogP contribution in [-0.4, -0.2) is 27.7 Å². The number of hydrogen-bond donors (Lipinski definition) is 3. The van der Waals surface area contributed by atoms with Crippen molar-refractivity contribution in [3.8, 4) is 0 Å². The normalized spacial score (nSPS) is 17.2. The molecule has 1 aliphatic carbocycles. The molecule has 1 heterocycles. The van der Waals surface area contributed by atoms with Crippen LogP contribution in [0.2, 0.25) is 0 Å². The quantitative estimate of drug-likeness (QED) is 0.719. The molecule has 0 aliphatic heterocycles. The van der Waals surface area contributed by atoms with Crippen LogP contribution < -0.4 is 11.1 Å². The van der Waals surface area contributed by atoms with E-state index in [4.69, 9.17) is 5.73 Å². The van der Waals surface area contributed by atoms with Gasteiger partial charge in [-0.05, 0) is 18.8 Å². The summed E-state index contributed by atoms with van der Waals surface area (Å²) in [5.74, 6) is 2.84. The van der Waals surface area contributed by atoms with Crippen LogP contribution in [0.4, 0.5) is 11.6 Å². The molecule has 0 unspecified atom stereocenters. The van der Waals surface area contributed by atoms with Crippen molar-refractivity contribution >= 4 is 11.6 Å². The van der Waals surface area contributed by atoms with Crippen molar-refractivity contribution in [2.24, 2.45) is 5.92 Å². The molecule has 5 heteroatoms. The molecule has 0 saturated heterocycles. The summed E-state index contributed by atoms with van der Waals surface area (Å²) < 4.78 is 0. The Morgan fingerprint density at radius 3 is 2.71 bits per heavy atom. The standard InChI is InChI=1S/C12H20N4O/c1-7(2)9(6-17)14-11-5-10(13)15-12(16-11)8-3-4-8/h5,7-9,17H,3-4,6H2,1-2H3,(H3,13,14,15,16)/t9-/m1/s1. The number of hydrogen-bond acceptors (Lipinski definition) is 5. The first-order valence-electron chi connectivity index (χ1n) is 6.12. The molecule has 5 nitrogen and oxygen atoms in total. The summed E-state index contributed by atoms with van der Waals surface area (Å²) >= 11 is 0. The van der Waals surface area contributed by atoms with Gasteiger partial charge in [0.2, 0.25) is 0 Å². The number of nitrogen functional groups attached to an aromatic ring is 1. The van der Waals surface area contributed by atoms with E-state index in [2.05, 4.69) is 29.1 Å². The highest BCUT2D eigenvalue weighted by molar-refractivity contribution is 5.46. The van der Waals surface area contributed by atoms with Gasteiger partial charge in [-0.2, -0.15) is 0 Å². The summed E-state index contributed by atoms with van der Waals surface area (Å²) in [6, 6.07) is 1.72. The average molecular weight is 236 g/mol. The summed E-state index contributed by atoms with van der Waals surface area (Å²) in [6.07, 6.45) is 2.30. The fourth-order valence-electron chi connectivity index (χ4n) is 1.70. The SMILES string of the molecule is CC(C)[C@@H](CO)Nc1cc(N)nc(C2CC2)n1. The van der Waals surface area contributed by atoms with E-state index in [-0.39, 0.29) is 12.6 Å². The lowest BCUT2D eigenvalue weighted by Crippen LogP contribution is -2.30. The zero-order valence-corrected chi connectivity index (χ0v) is 10.3. The van der Waals surface area contributed by atoms with Crippen molar-refractivity contribution in [3.05, 3.63) is 11.9 Å². The number of nitrogens with one attached hydrogen (secondary N) is 1. The van der Waals surface area contributed by atoms with Crippen LogP contribution in [0, 0.1) is 5.92 Å². The van der Waals surface area contributed by atoms with Crippen LogP contribution in [0.25, 0.3) is 0 Å². The largest absolute Gasteiger partial charge is 0.394 e. The minimum atomic E-state index is -0.00338. The van der Waals surface area contributed by atoms with Crippen LogP contribution in [0.1, 0.15) is 38.4 Å². The second kappa shape index (κ2) is 4.87.